The van der Waals surface area contributed by atoms with Crippen LogP contribution in [0.2, 0.25) is 0 Å². The highest BCUT2D eigenvalue weighted by atomic mass is 16.5. The Morgan fingerprint density at radius 2 is 2.22 bits per heavy atom. The van der Waals surface area contributed by atoms with E-state index < -0.39 is 0 Å². The molecule has 0 spiro atoms. The molecular weight excluding hydrogens is 226 g/mol. The van der Waals surface area contributed by atoms with E-state index in [0.717, 1.165) is 37.1 Å². The van der Waals surface area contributed by atoms with Crippen LogP contribution in [0.25, 0.3) is 0 Å². The van der Waals surface area contributed by atoms with E-state index in [1.54, 1.807) is 7.11 Å². The van der Waals surface area contributed by atoms with Gasteiger partial charge in [-0.3, -0.25) is 4.90 Å². The number of hydrogen-bond acceptors (Lipinski definition) is 3. The minimum absolute atomic E-state index is 0.239. The number of rotatable bonds is 3. The molecule has 2 rings (SSSR count). The standard InChI is InChI=1S/C15H23NO2/c1-11-6-7-14(15(17)9-11)12(2)16-8-4-5-13(10-16)18-3/h6-7,9,12-13,17H,4-5,8,10H2,1-3H3. The largest absolute Gasteiger partial charge is 0.508 e. The Labute approximate surface area is 109 Å². The molecule has 0 radical (unpaired) electrons. The predicted molar refractivity (Wildman–Crippen MR) is 72.9 cm³/mol. The molecule has 2 atom stereocenters. The number of benzene rings is 1. The molecule has 0 aromatic heterocycles. The van der Waals surface area contributed by atoms with E-state index in [1.165, 1.54) is 0 Å². The third-order valence-electron chi connectivity index (χ3n) is 3.93. The third-order valence-corrected chi connectivity index (χ3v) is 3.93. The first kappa shape index (κ1) is 13.4. The van der Waals surface area contributed by atoms with Gasteiger partial charge in [-0.05, 0) is 44.9 Å². The van der Waals surface area contributed by atoms with Gasteiger partial charge < -0.3 is 9.84 Å². The van der Waals surface area contributed by atoms with Crippen LogP contribution in [0.5, 0.6) is 5.75 Å². The van der Waals surface area contributed by atoms with E-state index in [4.69, 9.17) is 4.74 Å². The number of phenolic OH excluding ortho intramolecular Hbond substituents is 1. The average Bonchev–Trinajstić information content (AvgIpc) is 2.38. The maximum absolute atomic E-state index is 10.1. The number of ether oxygens (including phenoxy) is 1. The van der Waals surface area contributed by atoms with Crippen molar-refractivity contribution in [2.45, 2.75) is 38.8 Å². The second-order valence-corrected chi connectivity index (χ2v) is 5.23. The van der Waals surface area contributed by atoms with Gasteiger partial charge in [-0.25, -0.2) is 0 Å². The third kappa shape index (κ3) is 2.85. The molecule has 1 fully saturated rings. The fraction of sp³-hybridized carbons (Fsp3) is 0.600. The van der Waals surface area contributed by atoms with Gasteiger partial charge in [0, 0.05) is 25.3 Å². The number of phenols is 1. The smallest absolute Gasteiger partial charge is 0.120 e. The highest BCUT2D eigenvalue weighted by Gasteiger charge is 2.25. The predicted octanol–water partition coefficient (Wildman–Crippen LogP) is 2.87. The lowest BCUT2D eigenvalue weighted by Crippen LogP contribution is -2.40. The first-order valence-corrected chi connectivity index (χ1v) is 6.68. The number of aryl methyl sites for hydroxylation is 1. The summed E-state index contributed by atoms with van der Waals surface area (Å²) in [6, 6.07) is 6.17. The minimum atomic E-state index is 0.239. The summed E-state index contributed by atoms with van der Waals surface area (Å²) in [7, 11) is 1.78. The number of aromatic hydroxyl groups is 1. The molecule has 1 N–H and O–H groups in total. The molecule has 0 aliphatic carbocycles. The lowest BCUT2D eigenvalue weighted by Gasteiger charge is -2.36. The number of methoxy groups -OCH3 is 1. The first-order chi connectivity index (χ1) is 8.61. The zero-order valence-electron chi connectivity index (χ0n) is 11.5. The van der Waals surface area contributed by atoms with Crippen molar-refractivity contribution < 1.29 is 9.84 Å². The second-order valence-electron chi connectivity index (χ2n) is 5.23. The summed E-state index contributed by atoms with van der Waals surface area (Å²) in [5.74, 6) is 0.405. The van der Waals surface area contributed by atoms with Crippen LogP contribution in [-0.4, -0.2) is 36.3 Å². The van der Waals surface area contributed by atoms with E-state index in [9.17, 15) is 5.11 Å². The van der Waals surface area contributed by atoms with Crippen molar-refractivity contribution in [3.63, 3.8) is 0 Å². The maximum Gasteiger partial charge on any atom is 0.120 e. The Morgan fingerprint density at radius 1 is 1.44 bits per heavy atom. The Hall–Kier alpha value is -1.06. The van der Waals surface area contributed by atoms with Gasteiger partial charge in [0.2, 0.25) is 0 Å². The lowest BCUT2D eigenvalue weighted by molar-refractivity contribution is 0.0167. The van der Waals surface area contributed by atoms with Crippen LogP contribution in [0.4, 0.5) is 0 Å². The van der Waals surface area contributed by atoms with Crippen molar-refractivity contribution in [1.29, 1.82) is 0 Å². The van der Waals surface area contributed by atoms with Crippen LogP contribution in [-0.2, 0) is 4.74 Å². The minimum Gasteiger partial charge on any atom is -0.508 e. The first-order valence-electron chi connectivity index (χ1n) is 6.68. The van der Waals surface area contributed by atoms with Crippen molar-refractivity contribution in [3.8, 4) is 5.75 Å². The van der Waals surface area contributed by atoms with Gasteiger partial charge >= 0.3 is 0 Å². The van der Waals surface area contributed by atoms with E-state index in [0.29, 0.717) is 11.9 Å². The summed E-state index contributed by atoms with van der Waals surface area (Å²) in [6.07, 6.45) is 2.63. The van der Waals surface area contributed by atoms with Crippen LogP contribution in [0.15, 0.2) is 18.2 Å². The fourth-order valence-corrected chi connectivity index (χ4v) is 2.71. The average molecular weight is 249 g/mol. The summed E-state index contributed by atoms with van der Waals surface area (Å²) in [6.45, 7) is 6.18. The monoisotopic (exact) mass is 249 g/mol. The van der Waals surface area contributed by atoms with E-state index in [1.807, 2.05) is 19.1 Å². The molecule has 3 nitrogen and oxygen atoms in total. The number of hydrogen-bond donors (Lipinski definition) is 1. The Morgan fingerprint density at radius 3 is 2.89 bits per heavy atom. The molecule has 1 heterocycles. The zero-order chi connectivity index (χ0) is 13.1. The molecule has 1 aromatic carbocycles. The normalized spacial score (nSPS) is 22.9. The molecule has 3 heteroatoms. The summed E-state index contributed by atoms with van der Waals surface area (Å²) in [4.78, 5) is 2.39. The second kappa shape index (κ2) is 5.72. The highest BCUT2D eigenvalue weighted by molar-refractivity contribution is 5.37. The van der Waals surface area contributed by atoms with Crippen molar-refractivity contribution in [1.82, 2.24) is 4.90 Å². The summed E-state index contributed by atoms with van der Waals surface area (Å²) in [5, 5.41) is 10.1. The molecule has 0 amide bonds. The van der Waals surface area contributed by atoms with E-state index in [-0.39, 0.29) is 6.04 Å². The zero-order valence-corrected chi connectivity index (χ0v) is 11.5. The van der Waals surface area contributed by atoms with Gasteiger partial charge in [0.25, 0.3) is 0 Å². The van der Waals surface area contributed by atoms with Crippen LogP contribution < -0.4 is 0 Å². The quantitative estimate of drug-likeness (QED) is 0.894. The SMILES string of the molecule is COC1CCCN(C(C)c2ccc(C)cc2O)C1. The van der Waals surface area contributed by atoms with Crippen LogP contribution in [0.1, 0.15) is 36.9 Å². The van der Waals surface area contributed by atoms with E-state index in [2.05, 4.69) is 17.9 Å². The van der Waals surface area contributed by atoms with Gasteiger partial charge in [0.15, 0.2) is 0 Å². The Bertz CT molecular complexity index is 405. The van der Waals surface area contributed by atoms with Crippen molar-refractivity contribution in [2.75, 3.05) is 20.2 Å². The Balaban J connectivity index is 2.12. The van der Waals surface area contributed by atoms with Crippen molar-refractivity contribution in [2.24, 2.45) is 0 Å². The van der Waals surface area contributed by atoms with Gasteiger partial charge in [-0.2, -0.15) is 0 Å². The summed E-state index contributed by atoms with van der Waals surface area (Å²) in [5.41, 5.74) is 2.11. The molecule has 1 aliphatic rings. The highest BCUT2D eigenvalue weighted by Crippen LogP contribution is 2.31. The molecule has 0 bridgehead atoms. The molecule has 100 valence electrons. The van der Waals surface area contributed by atoms with Crippen molar-refractivity contribution in [3.05, 3.63) is 29.3 Å². The van der Waals surface area contributed by atoms with Crippen LogP contribution in [0.3, 0.4) is 0 Å². The molecule has 0 saturated carbocycles. The Kier molecular flexibility index (Phi) is 4.25. The molecule has 1 aliphatic heterocycles. The van der Waals surface area contributed by atoms with Gasteiger partial charge in [0.05, 0.1) is 6.10 Å². The maximum atomic E-state index is 10.1. The molecule has 2 unspecified atom stereocenters. The lowest BCUT2D eigenvalue weighted by atomic mass is 10.00. The fourth-order valence-electron chi connectivity index (χ4n) is 2.71. The topological polar surface area (TPSA) is 32.7 Å². The van der Waals surface area contributed by atoms with Crippen LogP contribution in [0, 0.1) is 6.92 Å². The molecule has 18 heavy (non-hydrogen) atoms. The van der Waals surface area contributed by atoms with Crippen LogP contribution >= 0.6 is 0 Å². The molecule has 1 saturated heterocycles. The number of nitrogens with zero attached hydrogens (tertiary/aromatic N) is 1. The number of piperidine rings is 1. The number of likely N-dealkylation sites (tertiary alicyclic amines) is 1. The van der Waals surface area contributed by atoms with Gasteiger partial charge in [-0.15, -0.1) is 0 Å². The van der Waals surface area contributed by atoms with Crippen molar-refractivity contribution >= 4 is 0 Å². The molecule has 1 aromatic rings. The van der Waals surface area contributed by atoms with Gasteiger partial charge in [0.1, 0.15) is 5.75 Å². The summed E-state index contributed by atoms with van der Waals surface area (Å²) >= 11 is 0. The molecular formula is C15H23NO2. The van der Waals surface area contributed by atoms with E-state index >= 15 is 0 Å². The van der Waals surface area contributed by atoms with Gasteiger partial charge in [-0.1, -0.05) is 12.1 Å². The summed E-state index contributed by atoms with van der Waals surface area (Å²) < 4.78 is 5.45.